The number of hydrogen-bond acceptors (Lipinski definition) is 3. The van der Waals surface area contributed by atoms with E-state index in [1.165, 1.54) is 23.2 Å². The number of halogens is 2. The summed E-state index contributed by atoms with van der Waals surface area (Å²) in [6.07, 6.45) is 3.07. The van der Waals surface area contributed by atoms with Crippen LogP contribution in [0.25, 0.3) is 11.1 Å². The lowest BCUT2D eigenvalue weighted by Gasteiger charge is -2.19. The van der Waals surface area contributed by atoms with Crippen LogP contribution in [-0.4, -0.2) is 20.9 Å². The molecule has 148 valence electrons. The Balaban J connectivity index is 1.59. The van der Waals surface area contributed by atoms with E-state index in [4.69, 9.17) is 0 Å². The molecule has 0 radical (unpaired) electrons. The minimum Gasteiger partial charge on any atom is -0.386 e. The molecule has 1 aliphatic heterocycles. The van der Waals surface area contributed by atoms with Crippen molar-refractivity contribution in [3.05, 3.63) is 88.7 Å². The molecule has 29 heavy (non-hydrogen) atoms. The molecule has 6 heteroatoms. The van der Waals surface area contributed by atoms with Gasteiger partial charge in [0.2, 0.25) is 0 Å². The zero-order valence-electron chi connectivity index (χ0n) is 16.1. The maximum absolute atomic E-state index is 14.7. The zero-order chi connectivity index (χ0) is 20.8. The molecule has 0 unspecified atom stereocenters. The molecule has 2 aromatic carbocycles. The molecule has 0 saturated heterocycles. The van der Waals surface area contributed by atoms with Crippen molar-refractivity contribution in [2.45, 2.75) is 32.5 Å². The van der Waals surface area contributed by atoms with Gasteiger partial charge in [0, 0.05) is 24.5 Å². The fourth-order valence-corrected chi connectivity index (χ4v) is 3.51. The molecular formula is C23H20F2N2O2. The SMILES string of the molecule is CC(C)(O)c1ccc(-c2cc(F)c(CN3Cc4ccncc4C3=O)c(F)c2)cc1. The van der Waals surface area contributed by atoms with E-state index in [-0.39, 0.29) is 18.0 Å². The number of fused-ring (bicyclic) bond motifs is 1. The molecule has 1 aromatic heterocycles. The highest BCUT2D eigenvalue weighted by Gasteiger charge is 2.29. The van der Waals surface area contributed by atoms with Gasteiger partial charge in [-0.15, -0.1) is 0 Å². The number of benzene rings is 2. The Morgan fingerprint density at radius 1 is 1.07 bits per heavy atom. The van der Waals surface area contributed by atoms with Crippen LogP contribution in [-0.2, 0) is 18.7 Å². The van der Waals surface area contributed by atoms with Gasteiger partial charge in [0.25, 0.3) is 5.91 Å². The van der Waals surface area contributed by atoms with Crippen molar-refractivity contribution in [2.24, 2.45) is 0 Å². The first kappa shape index (κ1) is 19.2. The van der Waals surface area contributed by atoms with Crippen LogP contribution in [0.2, 0.25) is 0 Å². The van der Waals surface area contributed by atoms with Crippen LogP contribution in [0.4, 0.5) is 8.78 Å². The summed E-state index contributed by atoms with van der Waals surface area (Å²) in [5.41, 5.74) is 1.88. The van der Waals surface area contributed by atoms with Crippen LogP contribution in [0, 0.1) is 11.6 Å². The summed E-state index contributed by atoms with van der Waals surface area (Å²) < 4.78 is 29.5. The van der Waals surface area contributed by atoms with E-state index in [0.717, 1.165) is 5.56 Å². The van der Waals surface area contributed by atoms with Gasteiger partial charge in [-0.25, -0.2) is 8.78 Å². The molecule has 0 spiro atoms. The summed E-state index contributed by atoms with van der Waals surface area (Å²) in [5.74, 6) is -1.68. The van der Waals surface area contributed by atoms with E-state index in [1.807, 2.05) is 0 Å². The zero-order valence-corrected chi connectivity index (χ0v) is 16.1. The lowest BCUT2D eigenvalue weighted by atomic mass is 9.95. The average molecular weight is 394 g/mol. The van der Waals surface area contributed by atoms with Gasteiger partial charge >= 0.3 is 0 Å². The molecule has 1 N–H and O–H groups in total. The number of nitrogens with zero attached hydrogens (tertiary/aromatic N) is 2. The number of amides is 1. The first-order valence-corrected chi connectivity index (χ1v) is 9.27. The number of carbonyl (C=O) groups is 1. The van der Waals surface area contributed by atoms with Gasteiger partial charge in [-0.1, -0.05) is 24.3 Å². The predicted octanol–water partition coefficient (Wildman–Crippen LogP) is 4.41. The van der Waals surface area contributed by atoms with E-state index in [0.29, 0.717) is 28.8 Å². The fourth-order valence-electron chi connectivity index (χ4n) is 3.51. The van der Waals surface area contributed by atoms with Crippen molar-refractivity contribution in [2.75, 3.05) is 0 Å². The second-order valence-corrected chi connectivity index (χ2v) is 7.75. The van der Waals surface area contributed by atoms with Gasteiger partial charge in [0.05, 0.1) is 17.7 Å². The molecule has 3 aromatic rings. The summed E-state index contributed by atoms with van der Waals surface area (Å²) in [5, 5.41) is 10.0. The molecule has 1 aliphatic rings. The highest BCUT2D eigenvalue weighted by atomic mass is 19.1. The molecule has 0 bridgehead atoms. The van der Waals surface area contributed by atoms with Gasteiger partial charge in [-0.2, -0.15) is 0 Å². The molecule has 1 amide bonds. The molecule has 0 aliphatic carbocycles. The maximum Gasteiger partial charge on any atom is 0.256 e. The Kier molecular flexibility index (Phi) is 4.67. The van der Waals surface area contributed by atoms with Crippen LogP contribution in [0.3, 0.4) is 0 Å². The number of hydrogen-bond donors (Lipinski definition) is 1. The Morgan fingerprint density at radius 2 is 1.72 bits per heavy atom. The highest BCUT2D eigenvalue weighted by Crippen LogP contribution is 2.30. The molecule has 0 saturated carbocycles. The number of aromatic nitrogens is 1. The maximum atomic E-state index is 14.7. The molecule has 4 nitrogen and oxygen atoms in total. The van der Waals surface area contributed by atoms with Gasteiger partial charge in [0.15, 0.2) is 0 Å². The van der Waals surface area contributed by atoms with E-state index < -0.39 is 17.2 Å². The van der Waals surface area contributed by atoms with Gasteiger partial charge in [-0.3, -0.25) is 9.78 Å². The highest BCUT2D eigenvalue weighted by molar-refractivity contribution is 5.97. The fraction of sp³-hybridized carbons (Fsp3) is 0.217. The lowest BCUT2D eigenvalue weighted by molar-refractivity contribution is 0.0761. The minimum absolute atomic E-state index is 0.143. The number of pyridine rings is 1. The van der Waals surface area contributed by atoms with Gasteiger partial charge in [-0.05, 0) is 54.3 Å². The number of rotatable bonds is 4. The van der Waals surface area contributed by atoms with Crippen molar-refractivity contribution >= 4 is 5.91 Å². The Labute approximate surface area is 167 Å². The van der Waals surface area contributed by atoms with Crippen LogP contribution < -0.4 is 0 Å². The van der Waals surface area contributed by atoms with Crippen LogP contribution in [0.5, 0.6) is 0 Å². The van der Waals surface area contributed by atoms with Gasteiger partial charge < -0.3 is 10.0 Å². The van der Waals surface area contributed by atoms with Crippen molar-refractivity contribution in [3.63, 3.8) is 0 Å². The van der Waals surface area contributed by atoms with E-state index in [1.54, 1.807) is 50.4 Å². The van der Waals surface area contributed by atoms with E-state index >= 15 is 0 Å². The Bertz CT molecular complexity index is 1070. The lowest BCUT2D eigenvalue weighted by Crippen LogP contribution is -2.24. The topological polar surface area (TPSA) is 53.4 Å². The third-order valence-electron chi connectivity index (χ3n) is 5.20. The van der Waals surface area contributed by atoms with Crippen LogP contribution >= 0.6 is 0 Å². The summed E-state index contributed by atoms with van der Waals surface area (Å²) in [6.45, 7) is 3.49. The number of aliphatic hydroxyl groups is 1. The summed E-state index contributed by atoms with van der Waals surface area (Å²) in [7, 11) is 0. The minimum atomic E-state index is -0.992. The Hall–Kier alpha value is -3.12. The smallest absolute Gasteiger partial charge is 0.256 e. The van der Waals surface area contributed by atoms with E-state index in [2.05, 4.69) is 4.98 Å². The Morgan fingerprint density at radius 3 is 2.31 bits per heavy atom. The molecule has 4 rings (SSSR count). The third-order valence-corrected chi connectivity index (χ3v) is 5.20. The monoisotopic (exact) mass is 394 g/mol. The van der Waals surface area contributed by atoms with Crippen LogP contribution in [0.1, 0.15) is 40.9 Å². The van der Waals surface area contributed by atoms with Crippen molar-refractivity contribution in [1.82, 2.24) is 9.88 Å². The van der Waals surface area contributed by atoms with Crippen molar-refractivity contribution in [1.29, 1.82) is 0 Å². The standard InChI is InChI=1S/C23H20F2N2O2/c1-23(2,29)17-5-3-14(4-6-17)16-9-20(24)19(21(25)10-16)13-27-12-15-7-8-26-11-18(15)22(27)28/h3-11,29H,12-13H2,1-2H3. The average Bonchev–Trinajstić information content (AvgIpc) is 3.00. The van der Waals surface area contributed by atoms with Crippen LogP contribution in [0.15, 0.2) is 54.9 Å². The molecule has 2 heterocycles. The predicted molar refractivity (Wildman–Crippen MR) is 105 cm³/mol. The summed E-state index contributed by atoms with van der Waals surface area (Å²) in [6, 6.07) is 11.2. The normalized spacial score (nSPS) is 13.7. The van der Waals surface area contributed by atoms with E-state index in [9.17, 15) is 18.7 Å². The van der Waals surface area contributed by atoms with Crippen molar-refractivity contribution < 1.29 is 18.7 Å². The summed E-state index contributed by atoms with van der Waals surface area (Å²) >= 11 is 0. The molecule has 0 fully saturated rings. The first-order chi connectivity index (χ1) is 13.7. The molecule has 0 atom stereocenters. The molecular weight excluding hydrogens is 374 g/mol. The second kappa shape index (κ2) is 7.04. The second-order valence-electron chi connectivity index (χ2n) is 7.75. The number of carbonyl (C=O) groups excluding carboxylic acids is 1. The third kappa shape index (κ3) is 3.63. The summed E-state index contributed by atoms with van der Waals surface area (Å²) in [4.78, 5) is 17.8. The van der Waals surface area contributed by atoms with Crippen molar-refractivity contribution in [3.8, 4) is 11.1 Å². The quantitative estimate of drug-likeness (QED) is 0.713. The van der Waals surface area contributed by atoms with Gasteiger partial charge in [0.1, 0.15) is 11.6 Å². The first-order valence-electron chi connectivity index (χ1n) is 9.27. The largest absolute Gasteiger partial charge is 0.386 e.